The molecular weight excluding hydrogens is 721 g/mol. The monoisotopic (exact) mass is 777 g/mol. The molecule has 0 aromatic carbocycles. The van der Waals surface area contributed by atoms with Crippen LogP contribution in [0.5, 0.6) is 5.88 Å². The van der Waals surface area contributed by atoms with Crippen molar-refractivity contribution in [1.29, 1.82) is 5.26 Å². The van der Waals surface area contributed by atoms with Gasteiger partial charge in [-0.1, -0.05) is 61.3 Å². The molecule has 0 aliphatic carbocycles. The van der Waals surface area contributed by atoms with Gasteiger partial charge in [0.15, 0.2) is 5.88 Å². The number of allylic oxidation sites excluding steroid dienone is 2. The van der Waals surface area contributed by atoms with Gasteiger partial charge in [0.2, 0.25) is 0 Å². The second kappa shape index (κ2) is 37.1. The van der Waals surface area contributed by atoms with Crippen LogP contribution in [0, 0.1) is 125 Å². The van der Waals surface area contributed by atoms with E-state index in [-0.39, 0.29) is 199 Å². The predicted molar refractivity (Wildman–Crippen MR) is 179 cm³/mol. The van der Waals surface area contributed by atoms with Crippen molar-refractivity contribution in [3.8, 4) is 11.9 Å². The van der Waals surface area contributed by atoms with Crippen molar-refractivity contribution in [2.45, 2.75) is 126 Å². The number of rotatable bonds is 9. The van der Waals surface area contributed by atoms with E-state index < -0.39 is 11.2 Å². The summed E-state index contributed by atoms with van der Waals surface area (Å²) in [6.07, 6.45) is 5.53. The minimum atomic E-state index is -0.708. The van der Waals surface area contributed by atoms with Crippen molar-refractivity contribution in [2.24, 2.45) is 4.99 Å². The number of aliphatic hydroxyl groups is 1. The minimum absolute atomic E-state index is 0. The van der Waals surface area contributed by atoms with Crippen LogP contribution in [0.4, 0.5) is 0 Å². The fraction of sp³-hybridized carbons (Fsp3) is 0.559. The molecule has 49 heavy (non-hydrogen) atoms. The fourth-order valence-electron chi connectivity index (χ4n) is 2.35. The smallest absolute Gasteiger partial charge is 0.850 e. The summed E-state index contributed by atoms with van der Waals surface area (Å²) in [5.41, 5.74) is 0.502. The fourth-order valence-corrected chi connectivity index (χ4v) is 2.35. The quantitative estimate of drug-likeness (QED) is 0.193. The maximum Gasteiger partial charge on any atom is 1.00 e. The number of hydrogen-bond donors (Lipinski definition) is 3. The van der Waals surface area contributed by atoms with Crippen LogP contribution in [0.3, 0.4) is 0 Å². The molecule has 0 fully saturated rings. The first-order chi connectivity index (χ1) is 20.1. The average Bonchev–Trinajstić information content (AvgIpc) is 3.44. The number of nitrogens with one attached hydrogen (secondary N) is 1. The van der Waals surface area contributed by atoms with Crippen LogP contribution >= 0.6 is 0 Å². The number of aliphatic imine (C=N–C) groups is 1. The summed E-state index contributed by atoms with van der Waals surface area (Å²) < 4.78 is 9.72. The second-order valence-electron chi connectivity index (χ2n) is 11.0. The molecule has 1 aliphatic heterocycles. The topological polar surface area (TPSA) is 185 Å². The van der Waals surface area contributed by atoms with E-state index in [2.05, 4.69) is 29.7 Å². The van der Waals surface area contributed by atoms with Crippen LogP contribution in [0.25, 0.3) is 6.08 Å². The number of aromatic amines is 1. The first kappa shape index (κ1) is 67.8. The van der Waals surface area contributed by atoms with Gasteiger partial charge in [-0.3, -0.25) is 14.4 Å². The molecule has 0 bridgehead atoms. The van der Waals surface area contributed by atoms with Gasteiger partial charge in [0.1, 0.15) is 0 Å². The first-order valence-corrected chi connectivity index (χ1v) is 14.3. The largest absolute Gasteiger partial charge is 1.00 e. The molecule has 280 valence electrons. The Kier molecular flexibility index (Phi) is 51.4. The van der Waals surface area contributed by atoms with Gasteiger partial charge in [-0.2, -0.15) is 5.26 Å². The number of aromatic nitrogens is 1. The van der Waals surface area contributed by atoms with Gasteiger partial charge in [0, 0.05) is 119 Å². The number of carbonyl (C=O) groups excluding carboxylic acids is 3. The van der Waals surface area contributed by atoms with Gasteiger partial charge in [-0.25, -0.2) is 4.99 Å². The van der Waals surface area contributed by atoms with Gasteiger partial charge in [-0.05, 0) is 60.1 Å². The maximum absolute atomic E-state index is 11.4. The number of nitriles is 1. The van der Waals surface area contributed by atoms with Gasteiger partial charge in [0.05, 0.1) is 59.3 Å². The van der Waals surface area contributed by atoms with E-state index in [0.29, 0.717) is 29.0 Å². The Morgan fingerprint density at radius 3 is 1.51 bits per heavy atom. The summed E-state index contributed by atoms with van der Waals surface area (Å²) in [5.74, 6) is -1.16. The van der Waals surface area contributed by atoms with E-state index >= 15 is 0 Å². The summed E-state index contributed by atoms with van der Waals surface area (Å²) in [7, 11) is 0. The number of aromatic hydroxyl groups is 1. The van der Waals surface area contributed by atoms with Crippen LogP contribution in [0.2, 0.25) is 0 Å². The zero-order chi connectivity index (χ0) is 35.3. The van der Waals surface area contributed by atoms with E-state index in [1.807, 2.05) is 13.8 Å². The number of esters is 2. The first-order valence-electron chi connectivity index (χ1n) is 14.3. The van der Waals surface area contributed by atoms with Crippen LogP contribution < -0.4 is 34.7 Å². The van der Waals surface area contributed by atoms with E-state index in [1.54, 1.807) is 61.5 Å². The SMILES string of the molecule is C.C=CC#N.C=CC1=NC(=O)c2c(C=C)[nH]c(O)c21.CC(C)OC(=O)CCC(=O)OC(C)C.CCC(C)(C)O.CCC(C)(C)[O-].[Ar].[Ar].[Ar].[Na+]. The third-order valence-electron chi connectivity index (χ3n) is 5.17. The molecule has 0 unspecified atom stereocenters. The molecule has 1 amide bonds. The summed E-state index contributed by atoms with van der Waals surface area (Å²) in [6.45, 7) is 28.1. The number of hydrogen-bond acceptors (Lipinski definition) is 9. The van der Waals surface area contributed by atoms with Gasteiger partial charge < -0.3 is 29.8 Å². The molecule has 1 aromatic heterocycles. The Labute approximate surface area is 407 Å². The number of ether oxygens (including phenoxy) is 2. The summed E-state index contributed by atoms with van der Waals surface area (Å²) in [6, 6.07) is 1.69. The molecule has 0 saturated carbocycles. The number of carbonyl (C=O) groups is 3. The number of fused-ring (bicyclic) bond motifs is 1. The molecule has 0 spiro atoms. The summed E-state index contributed by atoms with van der Waals surface area (Å²) in [4.78, 5) is 39.8. The summed E-state index contributed by atoms with van der Waals surface area (Å²) >= 11 is 0. The van der Waals surface area contributed by atoms with E-state index in [9.17, 15) is 24.6 Å². The average molecular weight is 778 g/mol. The standard InChI is InChI=1S/C10H8N2O2.C10H18O4.C5H12O.C5H11O.C3H3N.CH4.3Ar.Na/c1-3-5-7-8(10(14)11-5)6(4-2)12-9(7)13;1-7(2)13-9(11)5-6-10(12)14-8(3)4;2*1-4-5(2,3)6;1-2-3-4;;;;;/h3-4,11,14H,1-2H2;7-8H,5-6H2,1-4H3;6H,4H2,1-3H3;4H2,1-3H3;2H,1H2;1H4;;;;/q;;;-1;;;;;;+1. The normalized spacial score (nSPS) is 10.1. The van der Waals surface area contributed by atoms with Crippen LogP contribution in [0.15, 0.2) is 36.9 Å². The van der Waals surface area contributed by atoms with Crippen molar-refractivity contribution in [3.05, 3.63) is 48.7 Å². The van der Waals surface area contributed by atoms with E-state index in [0.717, 1.165) is 6.42 Å². The molecule has 15 heteroatoms. The van der Waals surface area contributed by atoms with Crippen molar-refractivity contribution < 1.29 is 182 Å². The molecule has 2 rings (SSSR count). The van der Waals surface area contributed by atoms with Gasteiger partial charge >= 0.3 is 41.5 Å². The van der Waals surface area contributed by atoms with Crippen LogP contribution in [-0.4, -0.2) is 62.2 Å². The molecule has 0 atom stereocenters. The number of amides is 1. The molecule has 0 radical (unpaired) electrons. The van der Waals surface area contributed by atoms with Crippen molar-refractivity contribution in [1.82, 2.24) is 4.98 Å². The Hall–Kier alpha value is 0.769. The number of nitrogens with zero attached hydrogens (tertiary/aromatic N) is 2. The summed E-state index contributed by atoms with van der Waals surface area (Å²) in [5, 5.41) is 36.3. The van der Waals surface area contributed by atoms with Gasteiger partial charge in [0.25, 0.3) is 5.91 Å². The van der Waals surface area contributed by atoms with Crippen LogP contribution in [0.1, 0.15) is 124 Å². The molecule has 2 heterocycles. The third-order valence-corrected chi connectivity index (χ3v) is 5.17. The maximum atomic E-state index is 11.4. The number of H-pyrrole nitrogens is 1. The minimum Gasteiger partial charge on any atom is -0.850 e. The molecule has 3 N–H and O–H groups in total. The van der Waals surface area contributed by atoms with Crippen molar-refractivity contribution >= 4 is 29.6 Å². The van der Waals surface area contributed by atoms with Crippen LogP contribution in [-0.2, 0) is 19.1 Å². The molecule has 0 saturated heterocycles. The molecular formula is C34H56Ar3N3NaO8. The second-order valence-corrected chi connectivity index (χ2v) is 11.0. The molecule has 1 aromatic rings. The zero-order valence-corrected chi connectivity index (χ0v) is 34.3. The van der Waals surface area contributed by atoms with E-state index in [4.69, 9.17) is 19.8 Å². The Morgan fingerprint density at radius 2 is 1.29 bits per heavy atom. The Morgan fingerprint density at radius 1 is 0.939 bits per heavy atom. The zero-order valence-electron chi connectivity index (χ0n) is 30.1. The van der Waals surface area contributed by atoms with Crippen molar-refractivity contribution in [3.63, 3.8) is 0 Å². The van der Waals surface area contributed by atoms with Gasteiger partial charge in [-0.15, -0.1) is 5.60 Å². The Bertz CT molecular complexity index is 1130. The molecule has 1 aliphatic rings. The van der Waals surface area contributed by atoms with Crippen molar-refractivity contribution in [2.75, 3.05) is 0 Å². The predicted octanol–water partition coefficient (Wildman–Crippen LogP) is 3.20. The molecule has 11 nitrogen and oxygen atoms in total. The third kappa shape index (κ3) is 38.3. The Balaban J connectivity index is -0.0000000751. The van der Waals surface area contributed by atoms with E-state index in [1.165, 1.54) is 18.2 Å².